The van der Waals surface area contributed by atoms with Gasteiger partial charge in [-0.15, -0.1) is 0 Å². The van der Waals surface area contributed by atoms with Crippen molar-refractivity contribution in [3.8, 4) is 0 Å². The monoisotopic (exact) mass is 835 g/mol. The molecule has 58 heavy (non-hydrogen) atoms. The Morgan fingerprint density at radius 1 is 0.552 bits per heavy atom. The standard InChI is InChI=1S/C48H84NO8P/c1-6-8-10-12-14-16-18-20-22-24-26-28-30-32-34-36-38-40-47(50)54-44-46(45-56-58(52,53)55-43-42-49(3,4)5)57-48(51)41-39-37-35-33-31-29-27-25-23-21-19-17-15-13-11-9-7-2/h9,11,14-17,20-23,27,29,46H,6-8,10,12-13,18-19,24-26,28,30-45H2,1-5H3/p+1/b11-9-,16-14-,17-15-,22-20-,23-21-,29-27-/t46-/m1/s1. The summed E-state index contributed by atoms with van der Waals surface area (Å²) >= 11 is 0. The van der Waals surface area contributed by atoms with Gasteiger partial charge in [-0.2, -0.15) is 0 Å². The quantitative estimate of drug-likeness (QED) is 0.0214. The average Bonchev–Trinajstić information content (AvgIpc) is 3.17. The zero-order valence-corrected chi connectivity index (χ0v) is 38.4. The minimum Gasteiger partial charge on any atom is -0.462 e. The number of rotatable bonds is 40. The average molecular weight is 835 g/mol. The third kappa shape index (κ3) is 43.0. The number of unbranched alkanes of at least 4 members (excludes halogenated alkanes) is 14. The molecule has 0 amide bonds. The Morgan fingerprint density at radius 3 is 1.47 bits per heavy atom. The molecule has 1 N–H and O–H groups in total. The third-order valence-corrected chi connectivity index (χ3v) is 10.2. The molecule has 334 valence electrons. The molecule has 1 unspecified atom stereocenters. The van der Waals surface area contributed by atoms with Crippen LogP contribution in [0.3, 0.4) is 0 Å². The molecule has 0 bridgehead atoms. The number of carbonyl (C=O) groups excluding carboxylic acids is 2. The first-order chi connectivity index (χ1) is 28.0. The largest absolute Gasteiger partial charge is 0.472 e. The van der Waals surface area contributed by atoms with E-state index in [0.29, 0.717) is 17.4 Å². The highest BCUT2D eigenvalue weighted by molar-refractivity contribution is 7.47. The first kappa shape index (κ1) is 55.5. The number of phosphoric ester groups is 1. The molecule has 0 radical (unpaired) electrons. The Bertz CT molecular complexity index is 1220. The zero-order valence-electron chi connectivity index (χ0n) is 37.5. The van der Waals surface area contributed by atoms with Gasteiger partial charge in [-0.3, -0.25) is 18.6 Å². The van der Waals surface area contributed by atoms with Crippen molar-refractivity contribution < 1.29 is 42.1 Å². The molecule has 0 saturated heterocycles. The van der Waals surface area contributed by atoms with Crippen LogP contribution < -0.4 is 0 Å². The topological polar surface area (TPSA) is 108 Å². The molecule has 0 aromatic rings. The van der Waals surface area contributed by atoms with Gasteiger partial charge in [0.25, 0.3) is 0 Å². The summed E-state index contributed by atoms with van der Waals surface area (Å²) < 4.78 is 34.3. The molecular formula is C48H85NO8P+. The third-order valence-electron chi connectivity index (χ3n) is 9.22. The lowest BCUT2D eigenvalue weighted by Gasteiger charge is -2.24. The molecule has 0 fully saturated rings. The van der Waals surface area contributed by atoms with Gasteiger partial charge in [-0.05, 0) is 83.5 Å². The number of nitrogens with zero attached hydrogens (tertiary/aromatic N) is 1. The van der Waals surface area contributed by atoms with Gasteiger partial charge in [0.2, 0.25) is 0 Å². The van der Waals surface area contributed by atoms with Crippen LogP contribution in [0.5, 0.6) is 0 Å². The molecular weight excluding hydrogens is 750 g/mol. The highest BCUT2D eigenvalue weighted by Crippen LogP contribution is 2.43. The molecule has 0 spiro atoms. The first-order valence-electron chi connectivity index (χ1n) is 22.7. The molecule has 0 rings (SSSR count). The molecule has 9 nitrogen and oxygen atoms in total. The Kier molecular flexibility index (Phi) is 38.1. The van der Waals surface area contributed by atoms with E-state index in [-0.39, 0.29) is 32.0 Å². The van der Waals surface area contributed by atoms with Crippen LogP contribution in [-0.4, -0.2) is 74.9 Å². The van der Waals surface area contributed by atoms with Crippen molar-refractivity contribution in [1.82, 2.24) is 0 Å². The van der Waals surface area contributed by atoms with Gasteiger partial charge in [-0.1, -0.05) is 145 Å². The number of phosphoric acid groups is 1. The summed E-state index contributed by atoms with van der Waals surface area (Å²) in [5.41, 5.74) is 0. The molecule has 0 heterocycles. The number of esters is 2. The van der Waals surface area contributed by atoms with Crippen molar-refractivity contribution in [3.05, 3.63) is 72.9 Å². The smallest absolute Gasteiger partial charge is 0.462 e. The molecule has 0 saturated carbocycles. The zero-order chi connectivity index (χ0) is 42.8. The number of allylic oxidation sites excluding steroid dienone is 12. The lowest BCUT2D eigenvalue weighted by molar-refractivity contribution is -0.870. The second-order valence-corrected chi connectivity index (χ2v) is 17.5. The van der Waals surface area contributed by atoms with Crippen LogP contribution in [0.1, 0.15) is 168 Å². The van der Waals surface area contributed by atoms with Crippen LogP contribution in [0.2, 0.25) is 0 Å². The van der Waals surface area contributed by atoms with Crippen molar-refractivity contribution in [2.45, 2.75) is 174 Å². The lowest BCUT2D eigenvalue weighted by atomic mass is 10.1. The fourth-order valence-electron chi connectivity index (χ4n) is 5.68. The molecule has 0 aromatic carbocycles. The number of carbonyl (C=O) groups is 2. The summed E-state index contributed by atoms with van der Waals surface area (Å²) in [6.45, 7) is 4.23. The highest BCUT2D eigenvalue weighted by Gasteiger charge is 2.27. The van der Waals surface area contributed by atoms with Gasteiger partial charge in [-0.25, -0.2) is 4.57 Å². The lowest BCUT2D eigenvalue weighted by Crippen LogP contribution is -2.37. The summed E-state index contributed by atoms with van der Waals surface area (Å²) in [6, 6.07) is 0. The second kappa shape index (κ2) is 39.9. The normalized spacial score (nSPS) is 14.2. The number of hydrogen-bond donors (Lipinski definition) is 1. The van der Waals surface area contributed by atoms with Crippen molar-refractivity contribution in [3.63, 3.8) is 0 Å². The molecule has 0 aliphatic rings. The SMILES string of the molecule is CC/C=C\C/C=C\C/C=C\C/C=C\CCCCCCC(=O)O[C@H](COC(=O)CCCCCCCCC/C=C\C/C=C\CCCCC)COP(=O)(O)OCC[N+](C)(C)C. The second-order valence-electron chi connectivity index (χ2n) is 16.0. The van der Waals surface area contributed by atoms with Gasteiger partial charge in [0.1, 0.15) is 19.8 Å². The van der Waals surface area contributed by atoms with Crippen molar-refractivity contribution in [1.29, 1.82) is 0 Å². The van der Waals surface area contributed by atoms with Crippen LogP contribution in [0.25, 0.3) is 0 Å². The maximum absolute atomic E-state index is 12.7. The fourth-order valence-corrected chi connectivity index (χ4v) is 6.42. The Labute approximate surface area is 355 Å². The summed E-state index contributed by atoms with van der Waals surface area (Å²) in [5.74, 6) is -0.841. The van der Waals surface area contributed by atoms with E-state index in [2.05, 4.69) is 86.8 Å². The van der Waals surface area contributed by atoms with Crippen molar-refractivity contribution in [2.24, 2.45) is 0 Å². The minimum atomic E-state index is -4.39. The number of quaternary nitrogens is 1. The maximum atomic E-state index is 12.7. The highest BCUT2D eigenvalue weighted by atomic mass is 31.2. The van der Waals surface area contributed by atoms with E-state index < -0.39 is 26.5 Å². The fraction of sp³-hybridized carbons (Fsp3) is 0.708. The van der Waals surface area contributed by atoms with E-state index in [1.165, 1.54) is 44.9 Å². The maximum Gasteiger partial charge on any atom is 0.472 e. The van der Waals surface area contributed by atoms with E-state index >= 15 is 0 Å². The summed E-state index contributed by atoms with van der Waals surface area (Å²) in [7, 11) is 1.44. The van der Waals surface area contributed by atoms with E-state index in [4.69, 9.17) is 18.5 Å². The predicted molar refractivity (Wildman–Crippen MR) is 242 cm³/mol. The molecule has 0 aromatic heterocycles. The predicted octanol–water partition coefficient (Wildman–Crippen LogP) is 13.0. The van der Waals surface area contributed by atoms with E-state index in [1.54, 1.807) is 0 Å². The summed E-state index contributed by atoms with van der Waals surface area (Å²) in [6.07, 6.45) is 49.4. The van der Waals surface area contributed by atoms with E-state index in [1.807, 2.05) is 21.1 Å². The van der Waals surface area contributed by atoms with Gasteiger partial charge >= 0.3 is 19.8 Å². The number of ether oxygens (including phenoxy) is 2. The van der Waals surface area contributed by atoms with Gasteiger partial charge in [0.05, 0.1) is 27.7 Å². The molecule has 2 atom stereocenters. The minimum absolute atomic E-state index is 0.0215. The number of hydrogen-bond acceptors (Lipinski definition) is 7. The van der Waals surface area contributed by atoms with Gasteiger partial charge in [0, 0.05) is 12.8 Å². The van der Waals surface area contributed by atoms with Crippen LogP contribution in [-0.2, 0) is 32.7 Å². The van der Waals surface area contributed by atoms with Crippen LogP contribution in [0, 0.1) is 0 Å². The molecule has 0 aliphatic carbocycles. The number of likely N-dealkylation sites (N-methyl/N-ethyl adjacent to an activating group) is 1. The van der Waals surface area contributed by atoms with Crippen LogP contribution >= 0.6 is 7.82 Å². The summed E-state index contributed by atoms with van der Waals surface area (Å²) in [5, 5.41) is 0. The van der Waals surface area contributed by atoms with Crippen LogP contribution in [0.15, 0.2) is 72.9 Å². The van der Waals surface area contributed by atoms with Crippen LogP contribution in [0.4, 0.5) is 0 Å². The van der Waals surface area contributed by atoms with Gasteiger partial charge in [0.15, 0.2) is 6.10 Å². The Hall–Kier alpha value is -2.55. The molecule has 10 heteroatoms. The molecule has 0 aliphatic heterocycles. The Morgan fingerprint density at radius 2 is 0.983 bits per heavy atom. The van der Waals surface area contributed by atoms with Gasteiger partial charge < -0.3 is 18.9 Å². The Balaban J connectivity index is 4.41. The van der Waals surface area contributed by atoms with E-state index in [9.17, 15) is 19.0 Å². The van der Waals surface area contributed by atoms with Crippen molar-refractivity contribution >= 4 is 19.8 Å². The van der Waals surface area contributed by atoms with Crippen molar-refractivity contribution in [2.75, 3.05) is 47.5 Å². The first-order valence-corrected chi connectivity index (χ1v) is 24.2. The van der Waals surface area contributed by atoms with E-state index in [0.717, 1.165) is 89.9 Å². The summed E-state index contributed by atoms with van der Waals surface area (Å²) in [4.78, 5) is 35.4.